The fourth-order valence-corrected chi connectivity index (χ4v) is 5.55. The number of aromatic carboxylic acids is 1. The molecule has 25 heteroatoms. The number of nitrogens with two attached hydrogens (primary N) is 1. The fourth-order valence-electron chi connectivity index (χ4n) is 3.93. The highest BCUT2D eigenvalue weighted by molar-refractivity contribution is 7.88. The summed E-state index contributed by atoms with van der Waals surface area (Å²) < 4.78 is 27.3. The van der Waals surface area contributed by atoms with Crippen LogP contribution in [0.3, 0.4) is 0 Å². The van der Waals surface area contributed by atoms with Crippen molar-refractivity contribution in [3.05, 3.63) is 34.3 Å². The third-order valence-corrected chi connectivity index (χ3v) is 8.67. The Morgan fingerprint density at radius 1 is 1.08 bits per heavy atom. The summed E-state index contributed by atoms with van der Waals surface area (Å²) in [6.45, 7) is 0.638. The summed E-state index contributed by atoms with van der Waals surface area (Å²) >= 11 is 0.912. The van der Waals surface area contributed by atoms with E-state index < -0.39 is 112 Å². The van der Waals surface area contributed by atoms with E-state index in [-0.39, 0.29) is 15.1 Å². The molecule has 23 nitrogen and oxygen atoms in total. The van der Waals surface area contributed by atoms with Gasteiger partial charge in [0.1, 0.15) is 11.7 Å². The number of carbonyl (C=O) groups excluding carboxylic acids is 5. The molecule has 0 aliphatic carbocycles. The largest absolute Gasteiger partial charge is 0.504 e. The minimum Gasteiger partial charge on any atom is -0.504 e. The van der Waals surface area contributed by atoms with Gasteiger partial charge in [0.25, 0.3) is 17.7 Å². The van der Waals surface area contributed by atoms with Gasteiger partial charge >= 0.3 is 34.2 Å². The number of carboxylic acids is 2. The molecule has 3 heterocycles. The number of hydrazine groups is 1. The average Bonchev–Trinajstić information content (AvgIpc) is 3.60. The molecule has 4 rings (SSSR count). The lowest BCUT2D eigenvalue weighted by Crippen LogP contribution is -2.68. The molecule has 1 aromatic carbocycles. The summed E-state index contributed by atoms with van der Waals surface area (Å²) in [6.07, 6.45) is 0. The van der Waals surface area contributed by atoms with E-state index in [1.807, 2.05) is 5.43 Å². The second-order valence-corrected chi connectivity index (χ2v) is 12.9. The molecule has 2 fully saturated rings. The van der Waals surface area contributed by atoms with Gasteiger partial charge in [0, 0.05) is 5.38 Å². The van der Waals surface area contributed by atoms with E-state index in [4.69, 9.17) is 10.6 Å². The van der Waals surface area contributed by atoms with Crippen molar-refractivity contribution in [1.82, 2.24) is 34.7 Å². The molecule has 2 saturated heterocycles. The van der Waals surface area contributed by atoms with E-state index in [9.17, 15) is 62.4 Å². The highest BCUT2D eigenvalue weighted by Crippen LogP contribution is 2.29. The number of thiazole rings is 1. The van der Waals surface area contributed by atoms with E-state index >= 15 is 0 Å². The Hall–Kier alpha value is -6.24. The Bertz CT molecular complexity index is 1930. The molecule has 262 valence electrons. The van der Waals surface area contributed by atoms with Crippen LogP contribution in [-0.2, 0) is 29.4 Å². The van der Waals surface area contributed by atoms with Gasteiger partial charge in [0.2, 0.25) is 5.60 Å². The second-order valence-electron chi connectivity index (χ2n) is 10.4. The Morgan fingerprint density at radius 3 is 2.27 bits per heavy atom. The molecule has 49 heavy (non-hydrogen) atoms. The standard InChI is InChI=1S/C24H25N9O14S2/c1-24(2,20(41)42)47-29-15(12-8-48-21(25)27-12)17(37)26-11-7-31(18(11)38)22(43)30-49(45,46)33-4-3-32(23(33)44)28-16(36)9-5-13(34)14(35)6-10(9)19(39)40/h5-6,8,11,34-35H,3-4,7H2,1-2H3,(H2,25,27)(H,26,37)(H,28,36)(H,30,43)(H,39,40)(H,41,42). The van der Waals surface area contributed by atoms with E-state index in [1.54, 1.807) is 0 Å². The number of phenols is 2. The average molecular weight is 728 g/mol. The number of nitrogens with zero attached hydrogens (tertiary/aromatic N) is 5. The van der Waals surface area contributed by atoms with Crippen molar-refractivity contribution in [3.8, 4) is 11.5 Å². The number of imide groups is 1. The molecule has 7 amide bonds. The Kier molecular flexibility index (Phi) is 9.52. The maximum absolute atomic E-state index is 12.9. The number of nitrogens with one attached hydrogen (secondary N) is 3. The quantitative estimate of drug-likeness (QED) is 0.0526. The predicted octanol–water partition coefficient (Wildman–Crippen LogP) is -2.22. The number of hydrogen-bond acceptors (Lipinski definition) is 16. The summed E-state index contributed by atoms with van der Waals surface area (Å²) in [7, 11) is -5.00. The lowest BCUT2D eigenvalue weighted by molar-refractivity contribution is -0.161. The number of aliphatic carboxylic acids is 1. The molecular formula is C24H25N9O14S2. The number of benzene rings is 1. The summed E-state index contributed by atoms with van der Waals surface area (Å²) in [5.41, 5.74) is 3.56. The number of β-lactam (4-membered cyclic amide) rings is 1. The summed E-state index contributed by atoms with van der Waals surface area (Å²) in [5.74, 6) is -8.23. The molecule has 2 aliphatic rings. The van der Waals surface area contributed by atoms with E-state index in [2.05, 4.69) is 15.5 Å². The Morgan fingerprint density at radius 2 is 1.71 bits per heavy atom. The number of amides is 7. The Labute approximate surface area is 277 Å². The highest BCUT2D eigenvalue weighted by atomic mass is 32.2. The summed E-state index contributed by atoms with van der Waals surface area (Å²) in [4.78, 5) is 95.7. The molecule has 0 bridgehead atoms. The normalized spacial score (nSPS) is 16.6. The van der Waals surface area contributed by atoms with Gasteiger partial charge in [0.05, 0.1) is 30.8 Å². The highest BCUT2D eigenvalue weighted by Gasteiger charge is 2.46. The van der Waals surface area contributed by atoms with Gasteiger partial charge in [-0.25, -0.2) is 38.2 Å². The molecule has 0 spiro atoms. The van der Waals surface area contributed by atoms with Gasteiger partial charge < -0.3 is 36.3 Å². The number of hydrogen-bond donors (Lipinski definition) is 8. The zero-order valence-electron chi connectivity index (χ0n) is 24.9. The molecule has 1 atom stereocenters. The Balaban J connectivity index is 1.37. The van der Waals surface area contributed by atoms with Crippen molar-refractivity contribution in [3.63, 3.8) is 0 Å². The van der Waals surface area contributed by atoms with Crippen LogP contribution in [0.4, 0.5) is 14.7 Å². The number of carbonyl (C=O) groups is 7. The fraction of sp³-hybridized carbons (Fsp3) is 0.292. The van der Waals surface area contributed by atoms with Gasteiger partial charge in [-0.2, -0.15) is 8.42 Å². The van der Waals surface area contributed by atoms with Crippen molar-refractivity contribution < 1.29 is 67.2 Å². The van der Waals surface area contributed by atoms with Crippen molar-refractivity contribution >= 4 is 74.1 Å². The van der Waals surface area contributed by atoms with Crippen LogP contribution >= 0.6 is 11.3 Å². The zero-order chi connectivity index (χ0) is 36.6. The van der Waals surface area contributed by atoms with Crippen molar-refractivity contribution in [1.29, 1.82) is 0 Å². The monoisotopic (exact) mass is 727 g/mol. The van der Waals surface area contributed by atoms with E-state index in [0.29, 0.717) is 22.0 Å². The van der Waals surface area contributed by atoms with Crippen molar-refractivity contribution in [2.24, 2.45) is 5.16 Å². The second kappa shape index (κ2) is 13.1. The first kappa shape index (κ1) is 35.6. The van der Waals surface area contributed by atoms with Gasteiger partial charge in [-0.3, -0.25) is 24.7 Å². The molecule has 0 saturated carbocycles. The minimum absolute atomic E-state index is 0.0173. The molecule has 1 unspecified atom stereocenters. The van der Waals surface area contributed by atoms with Gasteiger partial charge in [0.15, 0.2) is 22.3 Å². The lowest BCUT2D eigenvalue weighted by Gasteiger charge is -2.36. The number of anilines is 1. The van der Waals surface area contributed by atoms with Gasteiger partial charge in [-0.05, 0) is 26.0 Å². The number of aromatic hydroxyl groups is 2. The molecule has 2 aromatic rings. The van der Waals surface area contributed by atoms with Gasteiger partial charge in [-0.15, -0.1) is 11.3 Å². The molecule has 9 N–H and O–H groups in total. The van der Waals surface area contributed by atoms with Gasteiger partial charge in [-0.1, -0.05) is 5.16 Å². The first-order chi connectivity index (χ1) is 22.7. The number of carboxylic acid groups (broad SMARTS) is 2. The van der Waals surface area contributed by atoms with Crippen LogP contribution in [0.15, 0.2) is 22.7 Å². The first-order valence-corrected chi connectivity index (χ1v) is 15.6. The smallest absolute Gasteiger partial charge is 0.353 e. The van der Waals surface area contributed by atoms with E-state index in [1.165, 1.54) is 10.1 Å². The van der Waals surface area contributed by atoms with Crippen LogP contribution in [-0.4, -0.2) is 127 Å². The number of rotatable bonds is 11. The van der Waals surface area contributed by atoms with Crippen LogP contribution in [0.25, 0.3) is 0 Å². The number of oxime groups is 1. The lowest BCUT2D eigenvalue weighted by atomic mass is 10.1. The minimum atomic E-state index is -5.00. The van der Waals surface area contributed by atoms with Crippen molar-refractivity contribution in [2.45, 2.75) is 25.5 Å². The maximum atomic E-state index is 12.9. The molecule has 1 aromatic heterocycles. The predicted molar refractivity (Wildman–Crippen MR) is 160 cm³/mol. The molecule has 2 aliphatic heterocycles. The SMILES string of the molecule is CC(C)(ON=C(C(=O)NC1CN(C(=O)NS(=O)(=O)N2CCN(NC(=O)c3cc(O)c(O)cc3C(=O)O)C2=O)C1=O)c1csc(N)n1)C(=O)O. The van der Waals surface area contributed by atoms with Crippen LogP contribution < -0.4 is 21.2 Å². The first-order valence-electron chi connectivity index (χ1n) is 13.3. The van der Waals surface area contributed by atoms with Crippen LogP contribution in [0.1, 0.15) is 40.3 Å². The number of likely N-dealkylation sites (tertiary alicyclic amines) is 1. The van der Waals surface area contributed by atoms with Crippen molar-refractivity contribution in [2.75, 3.05) is 25.4 Å². The number of nitrogen functional groups attached to an aromatic ring is 1. The molecular weight excluding hydrogens is 702 g/mol. The van der Waals surface area contributed by atoms with Crippen LogP contribution in [0, 0.1) is 0 Å². The van der Waals surface area contributed by atoms with Crippen LogP contribution in [0.5, 0.6) is 11.5 Å². The third kappa shape index (κ3) is 7.35. The number of phenolic OH excluding ortho intramolecular Hbond substituents is 2. The van der Waals surface area contributed by atoms with Crippen LogP contribution in [0.2, 0.25) is 0 Å². The zero-order valence-corrected chi connectivity index (χ0v) is 26.6. The summed E-state index contributed by atoms with van der Waals surface area (Å²) in [5, 5.41) is 45.3. The molecule has 0 radical (unpaired) electrons. The van der Waals surface area contributed by atoms with E-state index in [0.717, 1.165) is 25.2 Å². The maximum Gasteiger partial charge on any atom is 0.353 e. The number of urea groups is 2. The third-order valence-electron chi connectivity index (χ3n) is 6.64. The number of aromatic nitrogens is 1. The topological polar surface area (TPSA) is 341 Å². The summed E-state index contributed by atoms with van der Waals surface area (Å²) in [6, 6.07) is -3.09.